The number of ether oxygens (including phenoxy) is 1. The Morgan fingerprint density at radius 1 is 1.24 bits per heavy atom. The number of esters is 1. The molecule has 0 aromatic carbocycles. The highest BCUT2D eigenvalue weighted by molar-refractivity contribution is 5.97. The molecular weight excluding hydrogens is 278 g/mol. The molecule has 8 heteroatoms. The predicted molar refractivity (Wildman–Crippen MR) is 70.0 cm³/mol. The van der Waals surface area contributed by atoms with Crippen molar-refractivity contribution < 1.29 is 23.6 Å². The number of carbonyl (C=O) groups excluding carboxylic acids is 3. The van der Waals surface area contributed by atoms with Crippen molar-refractivity contribution in [3.8, 4) is 0 Å². The Bertz CT molecular complexity index is 561. The van der Waals surface area contributed by atoms with Gasteiger partial charge in [-0.2, -0.15) is 0 Å². The van der Waals surface area contributed by atoms with Gasteiger partial charge in [0.1, 0.15) is 11.3 Å². The first-order valence-electron chi connectivity index (χ1n) is 6.60. The maximum absolute atomic E-state index is 12.5. The lowest BCUT2D eigenvalue weighted by molar-refractivity contribution is -0.155. The van der Waals surface area contributed by atoms with Crippen LogP contribution in [-0.2, 0) is 14.3 Å². The van der Waals surface area contributed by atoms with Gasteiger partial charge in [0.2, 0.25) is 0 Å². The highest BCUT2D eigenvalue weighted by Gasteiger charge is 2.34. The maximum atomic E-state index is 12.5. The second-order valence-corrected chi connectivity index (χ2v) is 4.78. The molecule has 1 aliphatic heterocycles. The molecule has 8 nitrogen and oxygen atoms in total. The number of nitrogens with zero attached hydrogens (tertiary/aromatic N) is 3. The van der Waals surface area contributed by atoms with Gasteiger partial charge < -0.3 is 9.26 Å². The fourth-order valence-corrected chi connectivity index (χ4v) is 2.24. The first kappa shape index (κ1) is 15.0. The Balaban J connectivity index is 2.13. The van der Waals surface area contributed by atoms with E-state index in [9.17, 15) is 14.4 Å². The third kappa shape index (κ3) is 3.04. The van der Waals surface area contributed by atoms with Crippen LogP contribution in [0.4, 0.5) is 0 Å². The van der Waals surface area contributed by atoms with Gasteiger partial charge in [-0.1, -0.05) is 5.16 Å². The highest BCUT2D eigenvalue weighted by Crippen LogP contribution is 2.20. The summed E-state index contributed by atoms with van der Waals surface area (Å²) in [6.07, 6.45) is 0.668. The molecule has 2 rings (SSSR count). The molecule has 0 radical (unpaired) electrons. The largest absolute Gasteiger partial charge is 0.456 e. The minimum atomic E-state index is -0.536. The van der Waals surface area contributed by atoms with Crippen LogP contribution < -0.4 is 0 Å². The van der Waals surface area contributed by atoms with Crippen molar-refractivity contribution in [2.45, 2.75) is 27.2 Å². The Morgan fingerprint density at radius 3 is 2.48 bits per heavy atom. The van der Waals surface area contributed by atoms with Gasteiger partial charge in [-0.3, -0.25) is 14.4 Å². The van der Waals surface area contributed by atoms with Gasteiger partial charge in [0.25, 0.3) is 11.8 Å². The van der Waals surface area contributed by atoms with Crippen LogP contribution in [0.3, 0.4) is 0 Å². The second-order valence-electron chi connectivity index (χ2n) is 4.78. The zero-order valence-electron chi connectivity index (χ0n) is 12.2. The number of carbonyl (C=O) groups is 3. The molecule has 0 N–H and O–H groups in total. The van der Waals surface area contributed by atoms with Crippen molar-refractivity contribution in [1.29, 1.82) is 0 Å². The summed E-state index contributed by atoms with van der Waals surface area (Å²) < 4.78 is 9.66. The SMILES string of the molecule is CC(=O)OCC(=O)N1CCCN1C(=O)c1c(C)noc1C. The van der Waals surface area contributed by atoms with Crippen LogP contribution in [0.2, 0.25) is 0 Å². The molecule has 1 aliphatic rings. The Kier molecular flexibility index (Phi) is 4.25. The molecule has 114 valence electrons. The molecule has 0 spiro atoms. The first-order valence-corrected chi connectivity index (χ1v) is 6.60. The number of aromatic nitrogens is 1. The van der Waals surface area contributed by atoms with Crippen LogP contribution in [0.1, 0.15) is 35.2 Å². The fourth-order valence-electron chi connectivity index (χ4n) is 2.24. The summed E-state index contributed by atoms with van der Waals surface area (Å²) in [5.74, 6) is -0.884. The number of hydrogen-bond acceptors (Lipinski definition) is 6. The number of aryl methyl sites for hydroxylation is 2. The fraction of sp³-hybridized carbons (Fsp3) is 0.538. The zero-order chi connectivity index (χ0) is 15.6. The summed E-state index contributed by atoms with van der Waals surface area (Å²) in [5, 5.41) is 6.39. The molecular formula is C13H17N3O5. The monoisotopic (exact) mass is 295 g/mol. The smallest absolute Gasteiger partial charge is 0.303 e. The van der Waals surface area contributed by atoms with Gasteiger partial charge in [-0.25, -0.2) is 10.0 Å². The van der Waals surface area contributed by atoms with Crippen molar-refractivity contribution in [3.05, 3.63) is 17.0 Å². The van der Waals surface area contributed by atoms with Gasteiger partial charge in [0.05, 0.1) is 5.69 Å². The number of hydrazine groups is 1. The van der Waals surface area contributed by atoms with E-state index in [2.05, 4.69) is 9.89 Å². The molecule has 0 saturated carbocycles. The lowest BCUT2D eigenvalue weighted by Crippen LogP contribution is -2.46. The molecule has 0 bridgehead atoms. The van der Waals surface area contributed by atoms with E-state index in [1.165, 1.54) is 16.9 Å². The lowest BCUT2D eigenvalue weighted by atomic mass is 10.2. The summed E-state index contributed by atoms with van der Waals surface area (Å²) in [4.78, 5) is 35.3. The minimum Gasteiger partial charge on any atom is -0.456 e. The Hall–Kier alpha value is -2.38. The van der Waals surface area contributed by atoms with Gasteiger partial charge >= 0.3 is 5.97 Å². The zero-order valence-corrected chi connectivity index (χ0v) is 12.2. The van der Waals surface area contributed by atoms with Crippen molar-refractivity contribution in [2.75, 3.05) is 19.7 Å². The summed E-state index contributed by atoms with van der Waals surface area (Å²) in [5.41, 5.74) is 0.846. The summed E-state index contributed by atoms with van der Waals surface area (Å²) in [6, 6.07) is 0. The van der Waals surface area contributed by atoms with E-state index in [4.69, 9.17) is 4.52 Å². The van der Waals surface area contributed by atoms with Crippen LogP contribution in [0, 0.1) is 13.8 Å². The minimum absolute atomic E-state index is 0.333. The molecule has 21 heavy (non-hydrogen) atoms. The molecule has 0 aliphatic carbocycles. The quantitative estimate of drug-likeness (QED) is 0.751. The van der Waals surface area contributed by atoms with Gasteiger partial charge in [-0.15, -0.1) is 0 Å². The Morgan fingerprint density at radius 2 is 1.90 bits per heavy atom. The number of hydrogen-bond donors (Lipinski definition) is 0. The number of amides is 2. The normalized spacial score (nSPS) is 14.4. The summed E-state index contributed by atoms with van der Waals surface area (Å²) >= 11 is 0. The van der Waals surface area contributed by atoms with Gasteiger partial charge in [0.15, 0.2) is 6.61 Å². The molecule has 0 unspecified atom stereocenters. The molecule has 2 heterocycles. The van der Waals surface area contributed by atoms with Crippen LogP contribution in [0.25, 0.3) is 0 Å². The molecule has 2 amide bonds. The third-order valence-corrected chi connectivity index (χ3v) is 3.20. The van der Waals surface area contributed by atoms with E-state index < -0.39 is 11.9 Å². The summed E-state index contributed by atoms with van der Waals surface area (Å²) in [6.45, 7) is 5.01. The van der Waals surface area contributed by atoms with Gasteiger partial charge in [0, 0.05) is 20.0 Å². The summed E-state index contributed by atoms with van der Waals surface area (Å²) in [7, 11) is 0. The molecule has 1 aromatic rings. The number of rotatable bonds is 3. The van der Waals surface area contributed by atoms with Crippen molar-refractivity contribution in [2.24, 2.45) is 0 Å². The molecule has 1 aromatic heterocycles. The van der Waals surface area contributed by atoms with Crippen molar-refractivity contribution in [3.63, 3.8) is 0 Å². The van der Waals surface area contributed by atoms with E-state index in [0.29, 0.717) is 36.5 Å². The predicted octanol–water partition coefficient (Wildman–Crippen LogP) is 0.444. The second kappa shape index (κ2) is 5.94. The maximum Gasteiger partial charge on any atom is 0.303 e. The van der Waals surface area contributed by atoms with Crippen LogP contribution >= 0.6 is 0 Å². The average Bonchev–Trinajstić information content (AvgIpc) is 3.03. The van der Waals surface area contributed by atoms with E-state index in [-0.39, 0.29) is 12.5 Å². The standard InChI is InChI=1S/C13H17N3O5/c1-8-12(9(2)21-14-8)13(19)16-6-4-5-15(16)11(18)7-20-10(3)17/h4-7H2,1-3H3. The van der Waals surface area contributed by atoms with Crippen LogP contribution in [-0.4, -0.2) is 52.7 Å². The third-order valence-electron chi connectivity index (χ3n) is 3.20. The first-order chi connectivity index (χ1) is 9.91. The molecule has 0 atom stereocenters. The topological polar surface area (TPSA) is 93.0 Å². The van der Waals surface area contributed by atoms with Crippen LogP contribution in [0.5, 0.6) is 0 Å². The van der Waals surface area contributed by atoms with E-state index in [1.54, 1.807) is 13.8 Å². The van der Waals surface area contributed by atoms with E-state index in [0.717, 1.165) is 0 Å². The lowest BCUT2D eigenvalue weighted by Gasteiger charge is -2.27. The van der Waals surface area contributed by atoms with E-state index >= 15 is 0 Å². The average molecular weight is 295 g/mol. The van der Waals surface area contributed by atoms with Gasteiger partial charge in [-0.05, 0) is 20.3 Å². The van der Waals surface area contributed by atoms with Crippen molar-refractivity contribution in [1.82, 2.24) is 15.2 Å². The highest BCUT2D eigenvalue weighted by atomic mass is 16.5. The Labute approximate surface area is 121 Å². The van der Waals surface area contributed by atoms with Crippen LogP contribution in [0.15, 0.2) is 4.52 Å². The molecule has 1 fully saturated rings. The van der Waals surface area contributed by atoms with Crippen molar-refractivity contribution >= 4 is 17.8 Å². The van der Waals surface area contributed by atoms with E-state index in [1.807, 2.05) is 0 Å². The molecule has 1 saturated heterocycles.